The Balaban J connectivity index is 2.08. The van der Waals surface area contributed by atoms with Crippen molar-refractivity contribution in [3.8, 4) is 5.82 Å². The van der Waals surface area contributed by atoms with Crippen LogP contribution in [-0.4, -0.2) is 37.8 Å². The highest BCUT2D eigenvalue weighted by atomic mass is 16.7. The molecule has 7 heteroatoms. The lowest BCUT2D eigenvalue weighted by atomic mass is 9.86. The molecular formula is C14H19BN4O2. The van der Waals surface area contributed by atoms with E-state index < -0.39 is 49.5 Å². The third kappa shape index (κ3) is 2.47. The molecule has 6 nitrogen and oxygen atoms in total. The van der Waals surface area contributed by atoms with Gasteiger partial charge in [-0.05, 0) is 34.5 Å². The van der Waals surface area contributed by atoms with E-state index in [-0.39, 0.29) is 17.6 Å². The van der Waals surface area contributed by atoms with Crippen LogP contribution in [0.1, 0.15) is 43.0 Å². The first kappa shape index (κ1) is 8.05. The molecule has 2 aromatic rings. The predicted molar refractivity (Wildman–Crippen MR) is 79.6 cm³/mol. The Morgan fingerprint density at radius 2 is 1.86 bits per heavy atom. The van der Waals surface area contributed by atoms with Crippen molar-refractivity contribution in [3.05, 3.63) is 30.5 Å². The minimum atomic E-state index is -2.70. The van der Waals surface area contributed by atoms with Gasteiger partial charge in [0.05, 0.1) is 45.3 Å². The first-order valence-electron chi connectivity index (χ1n) is 9.93. The maximum Gasteiger partial charge on any atom is 0.516 e. The van der Waals surface area contributed by atoms with E-state index in [1.807, 2.05) is 27.7 Å². The number of aryl methyl sites for hydroxylation is 1. The molecule has 0 aromatic carbocycles. The lowest BCUT2D eigenvalue weighted by molar-refractivity contribution is 0.00578. The van der Waals surface area contributed by atoms with Gasteiger partial charge in [0.25, 0.3) is 0 Å². The van der Waals surface area contributed by atoms with Gasteiger partial charge >= 0.3 is 7.12 Å². The van der Waals surface area contributed by atoms with Crippen LogP contribution < -0.4 is 5.59 Å². The maximum atomic E-state index is 8.37. The van der Waals surface area contributed by atoms with Crippen molar-refractivity contribution >= 4 is 12.7 Å². The van der Waals surface area contributed by atoms with Gasteiger partial charge in [-0.3, -0.25) is 9.55 Å². The van der Waals surface area contributed by atoms with Gasteiger partial charge in [-0.25, -0.2) is 9.97 Å². The lowest BCUT2D eigenvalue weighted by Gasteiger charge is -2.32. The van der Waals surface area contributed by atoms with Gasteiger partial charge < -0.3 is 9.31 Å². The highest BCUT2D eigenvalue weighted by Gasteiger charge is 2.52. The molecule has 1 aliphatic rings. The number of hydrogen-bond donors (Lipinski definition) is 0. The molecule has 0 radical (unpaired) electrons. The van der Waals surface area contributed by atoms with Crippen molar-refractivity contribution in [2.75, 3.05) is 0 Å². The van der Waals surface area contributed by atoms with E-state index in [0.717, 1.165) is 4.57 Å². The van der Waals surface area contributed by atoms with Crippen LogP contribution in [-0.2, 0) is 9.31 Å². The number of hydrogen-bond acceptors (Lipinski definition) is 5. The Bertz CT molecular complexity index is 929. The molecule has 21 heavy (non-hydrogen) atoms. The summed E-state index contributed by atoms with van der Waals surface area (Å²) in [7, 11) is -0.998. The van der Waals surface area contributed by atoms with E-state index in [9.17, 15) is 0 Å². The Morgan fingerprint density at radius 3 is 2.52 bits per heavy atom. The molecular weight excluding hydrogens is 267 g/mol. The van der Waals surface area contributed by atoms with Gasteiger partial charge in [-0.15, -0.1) is 0 Å². The van der Waals surface area contributed by atoms with Crippen molar-refractivity contribution in [2.24, 2.45) is 0 Å². The Hall–Kier alpha value is -1.73. The summed E-state index contributed by atoms with van der Waals surface area (Å²) in [5.41, 5.74) is -1.94. The van der Waals surface area contributed by atoms with Crippen LogP contribution in [0, 0.1) is 6.85 Å². The van der Waals surface area contributed by atoms with E-state index >= 15 is 0 Å². The first-order chi connectivity index (χ1) is 12.7. The summed E-state index contributed by atoms with van der Waals surface area (Å²) >= 11 is 0. The number of aromatic nitrogens is 4. The topological polar surface area (TPSA) is 62.1 Å². The van der Waals surface area contributed by atoms with Crippen molar-refractivity contribution in [1.82, 2.24) is 19.5 Å². The van der Waals surface area contributed by atoms with Crippen molar-refractivity contribution in [1.29, 1.82) is 0 Å². The smallest absolute Gasteiger partial charge is 0.398 e. The molecule has 3 rings (SSSR count). The fraction of sp³-hybridized carbons (Fsp3) is 0.500. The summed E-state index contributed by atoms with van der Waals surface area (Å²) in [6, 6.07) is 0. The maximum absolute atomic E-state index is 8.37. The van der Waals surface area contributed by atoms with Crippen LogP contribution in [0.5, 0.6) is 0 Å². The van der Waals surface area contributed by atoms with Gasteiger partial charge in [0.15, 0.2) is 5.82 Å². The van der Waals surface area contributed by atoms with Crippen LogP contribution in [0.4, 0.5) is 0 Å². The third-order valence-electron chi connectivity index (χ3n) is 3.72. The zero-order chi connectivity index (χ0) is 21.2. The average Bonchev–Trinajstić information content (AvgIpc) is 2.93. The second kappa shape index (κ2) is 4.64. The quantitative estimate of drug-likeness (QED) is 0.780. The summed E-state index contributed by atoms with van der Waals surface area (Å²) in [6.45, 7) is 4.64. The van der Waals surface area contributed by atoms with Gasteiger partial charge in [0, 0.05) is 10.3 Å². The molecule has 0 amide bonds. The summed E-state index contributed by atoms with van der Waals surface area (Å²) in [4.78, 5) is 11.4. The summed E-state index contributed by atoms with van der Waals surface area (Å²) in [5, 5.41) is 0. The van der Waals surface area contributed by atoms with Crippen LogP contribution in [0.3, 0.4) is 0 Å². The molecule has 1 aliphatic heterocycles. The summed E-state index contributed by atoms with van der Waals surface area (Å²) in [6.07, 6.45) is -1.98. The lowest BCUT2D eigenvalue weighted by Crippen LogP contribution is -2.41. The zero-order valence-electron chi connectivity index (χ0n) is 19.2. The highest BCUT2D eigenvalue weighted by molar-refractivity contribution is 6.61. The Morgan fingerprint density at radius 1 is 1.14 bits per heavy atom. The van der Waals surface area contributed by atoms with E-state index in [1.165, 1.54) is 0 Å². The summed E-state index contributed by atoms with van der Waals surface area (Å²) < 4.78 is 66.9. The normalized spacial score (nSPS) is 25.3. The van der Waals surface area contributed by atoms with E-state index in [2.05, 4.69) is 15.0 Å². The summed E-state index contributed by atoms with van der Waals surface area (Å²) in [5.74, 6) is -0.330. The van der Waals surface area contributed by atoms with Gasteiger partial charge in [-0.2, -0.15) is 0 Å². The molecule has 3 heterocycles. The SMILES string of the molecule is [2H]c1nc(C([2H])([2H])[2H])c([2H])nc1-n1c([2H])nc(B2OC(C)(C)C(C)(C)O2)c1[2H]. The van der Waals surface area contributed by atoms with Crippen molar-refractivity contribution in [2.45, 2.75) is 45.7 Å². The number of imidazole rings is 1. The van der Waals surface area contributed by atoms with Crippen LogP contribution in [0.15, 0.2) is 24.8 Å². The molecule has 0 atom stereocenters. The first-order valence-corrected chi connectivity index (χ1v) is 6.43. The van der Waals surface area contributed by atoms with E-state index in [4.69, 9.17) is 18.9 Å². The van der Waals surface area contributed by atoms with Gasteiger partial charge in [0.2, 0.25) is 0 Å². The zero-order valence-corrected chi connectivity index (χ0v) is 12.2. The molecule has 1 fully saturated rings. The molecule has 0 aliphatic carbocycles. The minimum absolute atomic E-state index is 0.0243. The largest absolute Gasteiger partial charge is 0.516 e. The number of nitrogens with zero attached hydrogens (tertiary/aromatic N) is 4. The van der Waals surface area contributed by atoms with Gasteiger partial charge in [0.1, 0.15) is 1.37 Å². The Kier molecular flexibility index (Phi) is 1.78. The van der Waals surface area contributed by atoms with Crippen molar-refractivity contribution in [3.63, 3.8) is 0 Å². The number of rotatable bonds is 2. The monoisotopic (exact) mass is 293 g/mol. The molecule has 0 N–H and O–H groups in total. The predicted octanol–water partition coefficient (Wildman–Crippen LogP) is 1.27. The molecule has 0 saturated carbocycles. The molecule has 1 saturated heterocycles. The Labute approximate surface area is 134 Å². The fourth-order valence-corrected chi connectivity index (χ4v) is 1.79. The van der Waals surface area contributed by atoms with E-state index in [0.29, 0.717) is 0 Å². The molecule has 0 spiro atoms. The minimum Gasteiger partial charge on any atom is -0.398 e. The van der Waals surface area contributed by atoms with Crippen LogP contribution in [0.25, 0.3) is 5.82 Å². The second-order valence-electron chi connectivity index (χ2n) is 5.75. The van der Waals surface area contributed by atoms with E-state index in [1.54, 1.807) is 0 Å². The molecule has 0 unspecified atom stereocenters. The fourth-order valence-electron chi connectivity index (χ4n) is 1.79. The molecule has 0 bridgehead atoms. The van der Waals surface area contributed by atoms with Crippen LogP contribution >= 0.6 is 0 Å². The molecule has 2 aromatic heterocycles. The second-order valence-corrected chi connectivity index (χ2v) is 5.75. The highest BCUT2D eigenvalue weighted by Crippen LogP contribution is 2.36. The molecule has 110 valence electrons. The van der Waals surface area contributed by atoms with Crippen molar-refractivity contribution < 1.29 is 18.9 Å². The standard InChI is InChI=1S/C14H19BN4O2/c1-10-6-17-12(7-16-10)19-8-11(18-9-19)15-20-13(2,3)14(4,5)21-15/h6-9H,1-5H3/i1D3,6D,7D,8D,9D. The van der Waals surface area contributed by atoms with Crippen LogP contribution in [0.2, 0.25) is 0 Å². The average molecular weight is 293 g/mol. The third-order valence-corrected chi connectivity index (χ3v) is 3.72. The van der Waals surface area contributed by atoms with Gasteiger partial charge in [-0.1, -0.05) is 0 Å².